The quantitative estimate of drug-likeness (QED) is 0.824. The van der Waals surface area contributed by atoms with Crippen LogP contribution >= 0.6 is 0 Å². The van der Waals surface area contributed by atoms with Crippen LogP contribution in [-0.4, -0.2) is 40.8 Å². The number of carbonyl (C=O) groups is 2. The van der Waals surface area contributed by atoms with E-state index >= 15 is 0 Å². The molecule has 0 radical (unpaired) electrons. The average Bonchev–Trinajstić information content (AvgIpc) is 2.14. The van der Waals surface area contributed by atoms with Crippen molar-refractivity contribution in [2.24, 2.45) is 5.92 Å². The first-order valence-corrected chi connectivity index (χ1v) is 6.28. The summed E-state index contributed by atoms with van der Waals surface area (Å²) in [6.07, 6.45) is 1.04. The highest BCUT2D eigenvalue weighted by Gasteiger charge is 2.33. The minimum Gasteiger partial charge on any atom is -0.480 e. The fourth-order valence-electron chi connectivity index (χ4n) is 1.85. The summed E-state index contributed by atoms with van der Waals surface area (Å²) < 4.78 is 5.18. The van der Waals surface area contributed by atoms with E-state index in [1.165, 1.54) is 11.9 Å². The van der Waals surface area contributed by atoms with Crippen LogP contribution in [0.3, 0.4) is 0 Å². The predicted molar refractivity (Wildman–Crippen MR) is 69.5 cm³/mol. The molecule has 5 nitrogen and oxygen atoms in total. The summed E-state index contributed by atoms with van der Waals surface area (Å²) in [4.78, 5) is 24.3. The molecule has 1 N–H and O–H groups in total. The van der Waals surface area contributed by atoms with Crippen LogP contribution in [0.5, 0.6) is 0 Å². The molecule has 0 aliphatic heterocycles. The first-order chi connectivity index (χ1) is 8.10. The minimum atomic E-state index is -0.996. The number of aliphatic carboxylic acids is 1. The maximum absolute atomic E-state index is 11.9. The van der Waals surface area contributed by atoms with Gasteiger partial charge < -0.3 is 9.84 Å². The van der Waals surface area contributed by atoms with E-state index in [0.29, 0.717) is 0 Å². The van der Waals surface area contributed by atoms with Gasteiger partial charge in [0.2, 0.25) is 0 Å². The normalized spacial score (nSPS) is 14.8. The molecule has 18 heavy (non-hydrogen) atoms. The zero-order valence-electron chi connectivity index (χ0n) is 12.2. The Morgan fingerprint density at radius 2 is 1.83 bits per heavy atom. The molecule has 0 saturated heterocycles. The van der Waals surface area contributed by atoms with Crippen molar-refractivity contribution < 1.29 is 19.4 Å². The Labute approximate surface area is 109 Å². The summed E-state index contributed by atoms with van der Waals surface area (Å²) in [5.41, 5.74) is -0.623. The molecule has 0 aromatic rings. The van der Waals surface area contributed by atoms with Crippen molar-refractivity contribution in [3.05, 3.63) is 0 Å². The standard InChI is InChI=1S/C13H25NO4/c1-7-8-9(2)10(11(15)16)14(6)12(17)18-13(3,4)5/h9-10H,7-8H2,1-6H3,(H,15,16). The maximum atomic E-state index is 11.9. The molecule has 0 heterocycles. The SMILES string of the molecule is CCCC(C)C(C(=O)O)N(C)C(=O)OC(C)(C)C. The Balaban J connectivity index is 4.81. The molecule has 0 rings (SSSR count). The van der Waals surface area contributed by atoms with Crippen molar-refractivity contribution >= 4 is 12.1 Å². The van der Waals surface area contributed by atoms with E-state index in [9.17, 15) is 14.7 Å². The molecule has 0 saturated carbocycles. The molecule has 0 aliphatic rings. The smallest absolute Gasteiger partial charge is 0.410 e. The lowest BCUT2D eigenvalue weighted by Gasteiger charge is -2.31. The number of rotatable bonds is 5. The highest BCUT2D eigenvalue weighted by Crippen LogP contribution is 2.18. The third-order valence-corrected chi connectivity index (χ3v) is 2.63. The van der Waals surface area contributed by atoms with E-state index in [4.69, 9.17) is 4.74 Å². The number of ether oxygens (including phenoxy) is 1. The Hall–Kier alpha value is -1.26. The van der Waals surface area contributed by atoms with E-state index < -0.39 is 23.7 Å². The van der Waals surface area contributed by atoms with Gasteiger partial charge in [-0.15, -0.1) is 0 Å². The Bertz CT molecular complexity index is 296. The predicted octanol–water partition coefficient (Wildman–Crippen LogP) is 2.74. The van der Waals surface area contributed by atoms with Gasteiger partial charge in [0.1, 0.15) is 11.6 Å². The lowest BCUT2D eigenvalue weighted by Crippen LogP contribution is -2.48. The monoisotopic (exact) mass is 259 g/mol. The number of hydrogen-bond donors (Lipinski definition) is 1. The number of carboxylic acids is 1. The van der Waals surface area contributed by atoms with Gasteiger partial charge in [0.15, 0.2) is 0 Å². The molecule has 0 spiro atoms. The highest BCUT2D eigenvalue weighted by molar-refractivity contribution is 5.80. The van der Waals surface area contributed by atoms with Gasteiger partial charge in [-0.25, -0.2) is 9.59 Å². The first kappa shape index (κ1) is 16.7. The van der Waals surface area contributed by atoms with Gasteiger partial charge in [0.25, 0.3) is 0 Å². The van der Waals surface area contributed by atoms with E-state index in [2.05, 4.69) is 0 Å². The lowest BCUT2D eigenvalue weighted by atomic mass is 9.96. The van der Waals surface area contributed by atoms with Crippen LogP contribution in [0.4, 0.5) is 4.79 Å². The van der Waals surface area contributed by atoms with Gasteiger partial charge in [-0.3, -0.25) is 4.90 Å². The number of nitrogens with zero attached hydrogens (tertiary/aromatic N) is 1. The molecule has 1 amide bonds. The molecule has 2 atom stereocenters. The molecule has 0 bridgehead atoms. The summed E-state index contributed by atoms with van der Waals surface area (Å²) in [7, 11) is 1.47. The van der Waals surface area contributed by atoms with Gasteiger partial charge >= 0.3 is 12.1 Å². The number of hydrogen-bond acceptors (Lipinski definition) is 3. The van der Waals surface area contributed by atoms with Crippen LogP contribution in [0.15, 0.2) is 0 Å². The largest absolute Gasteiger partial charge is 0.480 e. The van der Waals surface area contributed by atoms with Crippen LogP contribution in [0.2, 0.25) is 0 Å². The van der Waals surface area contributed by atoms with Gasteiger partial charge in [0.05, 0.1) is 0 Å². The van der Waals surface area contributed by atoms with Crippen LogP contribution in [0, 0.1) is 5.92 Å². The molecular weight excluding hydrogens is 234 g/mol. The highest BCUT2D eigenvalue weighted by atomic mass is 16.6. The molecule has 0 aliphatic carbocycles. The Kier molecular flexibility index (Phi) is 6.15. The lowest BCUT2D eigenvalue weighted by molar-refractivity contribution is -0.144. The van der Waals surface area contributed by atoms with Gasteiger partial charge in [0, 0.05) is 7.05 Å². The summed E-state index contributed by atoms with van der Waals surface area (Å²) in [6, 6.07) is -0.847. The van der Waals surface area contributed by atoms with Crippen molar-refractivity contribution in [1.29, 1.82) is 0 Å². The molecule has 0 fully saturated rings. The third kappa shape index (κ3) is 5.38. The Morgan fingerprint density at radius 3 is 2.17 bits per heavy atom. The molecule has 0 aromatic heterocycles. The molecule has 0 aromatic carbocycles. The maximum Gasteiger partial charge on any atom is 0.410 e. The van der Waals surface area contributed by atoms with Gasteiger partial charge in [-0.1, -0.05) is 20.3 Å². The summed E-state index contributed by atoms with van der Waals surface area (Å²) >= 11 is 0. The van der Waals surface area contributed by atoms with Gasteiger partial charge in [-0.2, -0.15) is 0 Å². The van der Waals surface area contributed by atoms with Crippen LogP contribution in [-0.2, 0) is 9.53 Å². The van der Waals surface area contributed by atoms with Gasteiger partial charge in [-0.05, 0) is 33.1 Å². The van der Waals surface area contributed by atoms with E-state index in [0.717, 1.165) is 12.8 Å². The second-order valence-corrected chi connectivity index (χ2v) is 5.64. The van der Waals surface area contributed by atoms with E-state index in [1.54, 1.807) is 20.8 Å². The number of carbonyl (C=O) groups excluding carboxylic acids is 1. The topological polar surface area (TPSA) is 66.8 Å². The third-order valence-electron chi connectivity index (χ3n) is 2.63. The van der Waals surface area contributed by atoms with Crippen LogP contribution in [0.1, 0.15) is 47.5 Å². The van der Waals surface area contributed by atoms with Crippen LogP contribution in [0.25, 0.3) is 0 Å². The van der Waals surface area contributed by atoms with Crippen molar-refractivity contribution in [2.45, 2.75) is 59.1 Å². The molecular formula is C13H25NO4. The second kappa shape index (κ2) is 6.61. The zero-order valence-corrected chi connectivity index (χ0v) is 12.2. The number of amides is 1. The fourth-order valence-corrected chi connectivity index (χ4v) is 1.85. The van der Waals surface area contributed by atoms with E-state index in [-0.39, 0.29) is 5.92 Å². The summed E-state index contributed by atoms with van der Waals surface area (Å²) in [5.74, 6) is -1.10. The molecule has 5 heteroatoms. The van der Waals surface area contributed by atoms with Crippen molar-refractivity contribution in [3.8, 4) is 0 Å². The van der Waals surface area contributed by atoms with Crippen LogP contribution < -0.4 is 0 Å². The van der Waals surface area contributed by atoms with Crippen molar-refractivity contribution in [2.75, 3.05) is 7.05 Å². The Morgan fingerprint density at radius 1 is 1.33 bits per heavy atom. The van der Waals surface area contributed by atoms with E-state index in [1.807, 2.05) is 13.8 Å². The number of likely N-dealkylation sites (N-methyl/N-ethyl adjacent to an activating group) is 1. The van der Waals surface area contributed by atoms with Crippen molar-refractivity contribution in [1.82, 2.24) is 4.90 Å². The first-order valence-electron chi connectivity index (χ1n) is 6.28. The minimum absolute atomic E-state index is 0.106. The summed E-state index contributed by atoms with van der Waals surface area (Å²) in [6.45, 7) is 9.09. The summed E-state index contributed by atoms with van der Waals surface area (Å²) in [5, 5.41) is 9.24. The molecule has 2 unspecified atom stereocenters. The van der Waals surface area contributed by atoms with Crippen molar-refractivity contribution in [3.63, 3.8) is 0 Å². The zero-order chi connectivity index (χ0) is 14.5. The average molecular weight is 259 g/mol. The second-order valence-electron chi connectivity index (χ2n) is 5.64. The fraction of sp³-hybridized carbons (Fsp3) is 0.846. The molecule has 106 valence electrons. The number of carboxylic acid groups (broad SMARTS) is 1.